The zero-order valence-corrected chi connectivity index (χ0v) is 18.0. The lowest BCUT2D eigenvalue weighted by atomic mass is 9.73. The van der Waals surface area contributed by atoms with Crippen LogP contribution in [-0.4, -0.2) is 51.8 Å². The monoisotopic (exact) mass is 425 g/mol. The minimum absolute atomic E-state index is 0.00377. The number of rotatable bonds is 5. The minimum atomic E-state index is -1.05. The van der Waals surface area contributed by atoms with E-state index in [-0.39, 0.29) is 17.6 Å². The molecule has 3 atom stereocenters. The average Bonchev–Trinajstić information content (AvgIpc) is 3.18. The van der Waals surface area contributed by atoms with Crippen LogP contribution in [0.25, 0.3) is 10.9 Å². The number of fused-ring (bicyclic) bond motifs is 1. The quantitative estimate of drug-likeness (QED) is 0.435. The van der Waals surface area contributed by atoms with Crippen molar-refractivity contribution in [2.75, 3.05) is 6.54 Å². The highest BCUT2D eigenvalue weighted by Gasteiger charge is 2.55. The number of benzene rings is 1. The molecule has 2 aliphatic rings. The molecular formula is C23H27N3O5. The second-order valence-corrected chi connectivity index (χ2v) is 8.61. The number of nitrogens with one attached hydrogen (secondary N) is 2. The number of aromatic amines is 1. The molecule has 1 aromatic heterocycles. The highest BCUT2D eigenvalue weighted by molar-refractivity contribution is 6.12. The summed E-state index contributed by atoms with van der Waals surface area (Å²) in [5.74, 6) is -1.50. The lowest BCUT2D eigenvalue weighted by molar-refractivity contribution is -0.150. The van der Waals surface area contributed by atoms with Gasteiger partial charge in [0.15, 0.2) is 6.10 Å². The zero-order valence-electron chi connectivity index (χ0n) is 18.0. The first kappa shape index (κ1) is 21.1. The number of hydrogen-bond donors (Lipinski definition) is 2. The van der Waals surface area contributed by atoms with Crippen LogP contribution in [0.3, 0.4) is 0 Å². The number of esters is 1. The lowest BCUT2D eigenvalue weighted by Gasteiger charge is -2.36. The number of para-hydroxylation sites is 1. The molecule has 1 aliphatic carbocycles. The van der Waals surface area contributed by atoms with Gasteiger partial charge >= 0.3 is 12.0 Å². The van der Waals surface area contributed by atoms with Crippen molar-refractivity contribution in [2.24, 2.45) is 5.92 Å². The Balaban J connectivity index is 1.45. The number of H-pyrrole nitrogens is 1. The number of amides is 3. The molecule has 8 nitrogen and oxygen atoms in total. The van der Waals surface area contributed by atoms with E-state index in [1.165, 1.54) is 6.92 Å². The van der Waals surface area contributed by atoms with Crippen LogP contribution in [0.2, 0.25) is 0 Å². The molecule has 3 amide bonds. The normalized spacial score (nSPS) is 24.5. The predicted octanol–water partition coefficient (Wildman–Crippen LogP) is 3.09. The first-order valence-corrected chi connectivity index (χ1v) is 10.7. The maximum absolute atomic E-state index is 13.0. The molecule has 0 bridgehead atoms. The Morgan fingerprint density at radius 2 is 2.00 bits per heavy atom. The zero-order chi connectivity index (χ0) is 22.3. The molecule has 1 aliphatic heterocycles. The van der Waals surface area contributed by atoms with E-state index in [0.29, 0.717) is 17.7 Å². The van der Waals surface area contributed by atoms with E-state index in [1.54, 1.807) is 6.92 Å². The number of carbonyl (C=O) groups is 4. The molecular weight excluding hydrogens is 398 g/mol. The molecule has 8 heteroatoms. The highest BCUT2D eigenvalue weighted by Crippen LogP contribution is 2.38. The summed E-state index contributed by atoms with van der Waals surface area (Å²) in [5.41, 5.74) is 1.06. The van der Waals surface area contributed by atoms with E-state index in [2.05, 4.69) is 10.3 Å². The fourth-order valence-electron chi connectivity index (χ4n) is 4.85. The van der Waals surface area contributed by atoms with Crippen LogP contribution in [0.4, 0.5) is 4.79 Å². The summed E-state index contributed by atoms with van der Waals surface area (Å²) in [6, 6.07) is 6.83. The fraction of sp³-hybridized carbons (Fsp3) is 0.478. The molecule has 1 saturated carbocycles. The molecule has 0 radical (unpaired) electrons. The van der Waals surface area contributed by atoms with E-state index in [0.717, 1.165) is 35.1 Å². The number of nitrogens with zero attached hydrogens (tertiary/aromatic N) is 1. The number of aromatic nitrogens is 1. The van der Waals surface area contributed by atoms with Crippen molar-refractivity contribution < 1.29 is 23.9 Å². The van der Waals surface area contributed by atoms with Gasteiger partial charge in [0.05, 0.1) is 0 Å². The number of aryl methyl sites for hydroxylation is 1. The molecule has 2 N–H and O–H groups in total. The van der Waals surface area contributed by atoms with Crippen molar-refractivity contribution in [3.8, 4) is 0 Å². The van der Waals surface area contributed by atoms with E-state index in [4.69, 9.17) is 4.74 Å². The largest absolute Gasteiger partial charge is 0.453 e. The number of hydrogen-bond acceptors (Lipinski definition) is 5. The van der Waals surface area contributed by atoms with Crippen molar-refractivity contribution in [1.82, 2.24) is 15.2 Å². The van der Waals surface area contributed by atoms with Crippen molar-refractivity contribution in [2.45, 2.75) is 58.1 Å². The number of ether oxygens (including phenoxy) is 1. The Morgan fingerprint density at radius 3 is 2.74 bits per heavy atom. The highest BCUT2D eigenvalue weighted by atomic mass is 16.5. The van der Waals surface area contributed by atoms with Crippen molar-refractivity contribution in [3.05, 3.63) is 35.5 Å². The smallest absolute Gasteiger partial charge is 0.326 e. The summed E-state index contributed by atoms with van der Waals surface area (Å²) in [6.07, 6.45) is 2.23. The fourth-order valence-corrected chi connectivity index (χ4v) is 4.85. The minimum Gasteiger partial charge on any atom is -0.453 e. The Kier molecular flexibility index (Phi) is 5.33. The Bertz CT molecular complexity index is 1070. The molecule has 31 heavy (non-hydrogen) atoms. The standard InChI is InChI=1S/C23H27N3O5/c1-13-8-6-7-11-23(13)21(29)26(22(30)25-23)12-18(27)31-15(3)20(28)19-14(2)24-17-10-5-4-9-16(17)19/h4-5,9-10,13,15,24H,6-8,11-12H2,1-3H3,(H,25,30)/t13-,15+,23-/m0/s1. The van der Waals surface area contributed by atoms with Crippen LogP contribution in [0.1, 0.15) is 55.6 Å². The van der Waals surface area contributed by atoms with Crippen molar-refractivity contribution in [3.63, 3.8) is 0 Å². The third-order valence-corrected chi connectivity index (χ3v) is 6.61. The summed E-state index contributed by atoms with van der Waals surface area (Å²) < 4.78 is 5.32. The Hall–Kier alpha value is -3.16. The molecule has 1 saturated heterocycles. The first-order valence-electron chi connectivity index (χ1n) is 10.7. The third kappa shape index (κ3) is 3.49. The average molecular weight is 425 g/mol. The van der Waals surface area contributed by atoms with E-state index in [1.807, 2.05) is 31.2 Å². The van der Waals surface area contributed by atoms with Gasteiger partial charge in [-0.1, -0.05) is 38.0 Å². The molecule has 2 aromatic rings. The first-order chi connectivity index (χ1) is 14.7. The van der Waals surface area contributed by atoms with Crippen molar-refractivity contribution in [1.29, 1.82) is 0 Å². The molecule has 2 fully saturated rings. The van der Waals surface area contributed by atoms with E-state index < -0.39 is 30.2 Å². The van der Waals surface area contributed by atoms with Gasteiger partial charge in [-0.15, -0.1) is 0 Å². The topological polar surface area (TPSA) is 109 Å². The Morgan fingerprint density at radius 1 is 1.26 bits per heavy atom. The van der Waals surface area contributed by atoms with Gasteiger partial charge in [0.25, 0.3) is 5.91 Å². The second-order valence-electron chi connectivity index (χ2n) is 8.61. The maximum Gasteiger partial charge on any atom is 0.326 e. The molecule has 4 rings (SSSR count). The molecule has 0 unspecified atom stereocenters. The third-order valence-electron chi connectivity index (χ3n) is 6.61. The number of urea groups is 1. The SMILES string of the molecule is Cc1[nH]c2ccccc2c1C(=O)[C@@H](C)OC(=O)CN1C(=O)N[C@]2(CCCC[C@@H]2C)C1=O. The van der Waals surface area contributed by atoms with Gasteiger partial charge in [0.1, 0.15) is 12.1 Å². The number of ketones is 1. The van der Waals surface area contributed by atoms with Crippen LogP contribution < -0.4 is 5.32 Å². The molecule has 1 spiro atoms. The van der Waals surface area contributed by atoms with Crippen LogP contribution in [-0.2, 0) is 14.3 Å². The summed E-state index contributed by atoms with van der Waals surface area (Å²) >= 11 is 0. The van der Waals surface area contributed by atoms with Gasteiger partial charge < -0.3 is 15.0 Å². The molecule has 1 aromatic carbocycles. The Labute approximate surface area is 180 Å². The second kappa shape index (κ2) is 7.83. The van der Waals surface area contributed by atoms with Gasteiger partial charge in [0.2, 0.25) is 5.78 Å². The van der Waals surface area contributed by atoms with Gasteiger partial charge in [0, 0.05) is 22.2 Å². The van der Waals surface area contributed by atoms with Crippen LogP contribution in [0, 0.1) is 12.8 Å². The van der Waals surface area contributed by atoms with Gasteiger partial charge in [-0.25, -0.2) is 4.79 Å². The summed E-state index contributed by atoms with van der Waals surface area (Å²) in [5, 5.41) is 3.57. The van der Waals surface area contributed by atoms with Gasteiger partial charge in [-0.05, 0) is 38.7 Å². The van der Waals surface area contributed by atoms with Crippen LogP contribution >= 0.6 is 0 Å². The van der Waals surface area contributed by atoms with Crippen LogP contribution in [0.5, 0.6) is 0 Å². The van der Waals surface area contributed by atoms with E-state index >= 15 is 0 Å². The van der Waals surface area contributed by atoms with Gasteiger partial charge in [-0.2, -0.15) is 0 Å². The number of imide groups is 1. The summed E-state index contributed by atoms with van der Waals surface area (Å²) in [4.78, 5) is 55.0. The van der Waals surface area contributed by atoms with E-state index in [9.17, 15) is 19.2 Å². The summed E-state index contributed by atoms with van der Waals surface area (Å²) in [6.45, 7) is 4.73. The lowest BCUT2D eigenvalue weighted by Crippen LogP contribution is -2.54. The van der Waals surface area contributed by atoms with Gasteiger partial charge in [-0.3, -0.25) is 19.3 Å². The molecule has 164 valence electrons. The molecule has 2 heterocycles. The number of Topliss-reactive ketones (excluding diaryl/α,β-unsaturated/α-hetero) is 1. The predicted molar refractivity (Wildman–Crippen MR) is 114 cm³/mol. The number of carbonyl (C=O) groups excluding carboxylic acids is 4. The van der Waals surface area contributed by atoms with Crippen LogP contribution in [0.15, 0.2) is 24.3 Å². The maximum atomic E-state index is 13.0. The summed E-state index contributed by atoms with van der Waals surface area (Å²) in [7, 11) is 0. The van der Waals surface area contributed by atoms with Crippen molar-refractivity contribution >= 4 is 34.6 Å².